The minimum absolute atomic E-state index is 0.0490. The third kappa shape index (κ3) is 4.21. The smallest absolute Gasteiger partial charge is 0.251 e. The Kier molecular flexibility index (Phi) is 5.43. The maximum atomic E-state index is 12.9. The van der Waals surface area contributed by atoms with Crippen molar-refractivity contribution in [2.75, 3.05) is 6.54 Å². The van der Waals surface area contributed by atoms with Crippen molar-refractivity contribution in [2.24, 2.45) is 0 Å². The summed E-state index contributed by atoms with van der Waals surface area (Å²) in [6.45, 7) is 3.03. The largest absolute Gasteiger partial charge is 0.341 e. The van der Waals surface area contributed by atoms with Crippen LogP contribution in [0.4, 0.5) is 0 Å². The molecule has 0 aromatic heterocycles. The van der Waals surface area contributed by atoms with Gasteiger partial charge < -0.3 is 10.2 Å². The Balaban J connectivity index is 1.43. The molecule has 29 heavy (non-hydrogen) atoms. The van der Waals surface area contributed by atoms with Crippen LogP contribution in [0.1, 0.15) is 28.4 Å². The molecule has 0 fully saturated rings. The highest BCUT2D eigenvalue weighted by molar-refractivity contribution is 5.98. The molecule has 0 unspecified atom stereocenters. The number of amides is 2. The number of benzene rings is 3. The number of hydrogen-bond donors (Lipinski definition) is 1. The summed E-state index contributed by atoms with van der Waals surface area (Å²) in [7, 11) is 0. The number of nitrogens with one attached hydrogen (secondary N) is 1. The predicted octanol–water partition coefficient (Wildman–Crippen LogP) is 4.06. The predicted molar refractivity (Wildman–Crippen MR) is 114 cm³/mol. The van der Waals surface area contributed by atoms with Crippen molar-refractivity contribution in [2.45, 2.75) is 25.9 Å². The van der Waals surface area contributed by atoms with Crippen LogP contribution in [-0.2, 0) is 17.8 Å². The fourth-order valence-electron chi connectivity index (χ4n) is 3.77. The first-order valence-electron chi connectivity index (χ1n) is 9.94. The van der Waals surface area contributed by atoms with Crippen LogP contribution in [0.5, 0.6) is 0 Å². The third-order valence-electron chi connectivity index (χ3n) is 5.39. The fraction of sp³-hybridized carbons (Fsp3) is 0.200. The lowest BCUT2D eigenvalue weighted by Gasteiger charge is -2.31. The van der Waals surface area contributed by atoms with E-state index in [9.17, 15) is 9.59 Å². The fourth-order valence-corrected chi connectivity index (χ4v) is 3.77. The van der Waals surface area contributed by atoms with Gasteiger partial charge >= 0.3 is 0 Å². The highest BCUT2D eigenvalue weighted by Gasteiger charge is 2.25. The van der Waals surface area contributed by atoms with Crippen molar-refractivity contribution in [1.82, 2.24) is 10.2 Å². The number of hydrogen-bond acceptors (Lipinski definition) is 2. The molecule has 1 aliphatic heterocycles. The summed E-state index contributed by atoms with van der Waals surface area (Å²) < 4.78 is 0. The van der Waals surface area contributed by atoms with Crippen molar-refractivity contribution in [3.63, 3.8) is 0 Å². The molecule has 146 valence electrons. The van der Waals surface area contributed by atoms with Gasteiger partial charge in [0, 0.05) is 18.7 Å². The van der Waals surface area contributed by atoms with Crippen molar-refractivity contribution in [3.05, 3.63) is 95.6 Å². The Morgan fingerprint density at radius 2 is 1.55 bits per heavy atom. The summed E-state index contributed by atoms with van der Waals surface area (Å²) in [6, 6.07) is 25.0. The van der Waals surface area contributed by atoms with E-state index in [-0.39, 0.29) is 11.8 Å². The average molecular weight is 384 g/mol. The van der Waals surface area contributed by atoms with Gasteiger partial charge in [-0.05, 0) is 47.7 Å². The van der Waals surface area contributed by atoms with Crippen LogP contribution in [0.3, 0.4) is 0 Å². The summed E-state index contributed by atoms with van der Waals surface area (Å²) in [4.78, 5) is 27.4. The molecule has 0 bridgehead atoms. The van der Waals surface area contributed by atoms with Crippen LogP contribution in [0.25, 0.3) is 11.1 Å². The minimum atomic E-state index is -0.576. The maximum absolute atomic E-state index is 12.9. The molecule has 1 aliphatic rings. The SMILES string of the molecule is C[C@H](NC(=O)c1cccc(-c2ccccc2)c1)C(=O)N1CCc2ccccc2C1. The summed E-state index contributed by atoms with van der Waals surface area (Å²) in [6.07, 6.45) is 0.849. The summed E-state index contributed by atoms with van der Waals surface area (Å²) in [5, 5.41) is 2.87. The minimum Gasteiger partial charge on any atom is -0.341 e. The topological polar surface area (TPSA) is 49.4 Å². The van der Waals surface area contributed by atoms with Gasteiger partial charge in [0.05, 0.1) is 0 Å². The van der Waals surface area contributed by atoms with Gasteiger partial charge in [0.25, 0.3) is 5.91 Å². The molecule has 0 saturated heterocycles. The lowest BCUT2D eigenvalue weighted by atomic mass is 9.99. The van der Waals surface area contributed by atoms with Crippen LogP contribution in [0.15, 0.2) is 78.9 Å². The number of fused-ring (bicyclic) bond motifs is 1. The maximum Gasteiger partial charge on any atom is 0.251 e. The molecule has 4 heteroatoms. The van der Waals surface area contributed by atoms with Crippen LogP contribution >= 0.6 is 0 Å². The van der Waals surface area contributed by atoms with Gasteiger partial charge in [0.15, 0.2) is 0 Å². The van der Waals surface area contributed by atoms with E-state index in [0.717, 1.165) is 17.5 Å². The first-order valence-corrected chi connectivity index (χ1v) is 9.94. The lowest BCUT2D eigenvalue weighted by Crippen LogP contribution is -2.48. The second kappa shape index (κ2) is 8.31. The summed E-state index contributed by atoms with van der Waals surface area (Å²) in [5.41, 5.74) is 5.06. The highest BCUT2D eigenvalue weighted by atomic mass is 16.2. The Hall–Kier alpha value is -3.40. The van der Waals surface area contributed by atoms with E-state index < -0.39 is 6.04 Å². The Bertz CT molecular complexity index is 1030. The van der Waals surface area contributed by atoms with E-state index in [1.54, 1.807) is 13.0 Å². The number of nitrogens with zero attached hydrogens (tertiary/aromatic N) is 1. The van der Waals surface area contributed by atoms with E-state index in [1.165, 1.54) is 11.1 Å². The van der Waals surface area contributed by atoms with Gasteiger partial charge in [-0.15, -0.1) is 0 Å². The van der Waals surface area contributed by atoms with Crippen molar-refractivity contribution in [1.29, 1.82) is 0 Å². The average Bonchev–Trinajstić information content (AvgIpc) is 2.78. The van der Waals surface area contributed by atoms with Crippen LogP contribution in [-0.4, -0.2) is 29.3 Å². The van der Waals surface area contributed by atoms with Crippen LogP contribution < -0.4 is 5.32 Å². The standard InChI is InChI=1S/C25H24N2O2/c1-18(25(29)27-15-14-20-10-5-6-11-23(20)17-27)26-24(28)22-13-7-12-21(16-22)19-8-3-2-4-9-19/h2-13,16,18H,14-15,17H2,1H3,(H,26,28)/t18-/m0/s1. The zero-order chi connectivity index (χ0) is 20.2. The van der Waals surface area contributed by atoms with Gasteiger partial charge in [-0.25, -0.2) is 0 Å². The van der Waals surface area contributed by atoms with E-state index >= 15 is 0 Å². The molecule has 0 spiro atoms. The van der Waals surface area contributed by atoms with Crippen molar-refractivity contribution in [3.8, 4) is 11.1 Å². The highest BCUT2D eigenvalue weighted by Crippen LogP contribution is 2.21. The molecule has 1 N–H and O–H groups in total. The van der Waals surface area contributed by atoms with Gasteiger partial charge in [-0.1, -0.05) is 66.7 Å². The molecule has 1 heterocycles. The van der Waals surface area contributed by atoms with E-state index in [2.05, 4.69) is 17.4 Å². The molecular weight excluding hydrogens is 360 g/mol. The van der Waals surface area contributed by atoms with E-state index in [0.29, 0.717) is 18.7 Å². The summed E-state index contributed by atoms with van der Waals surface area (Å²) >= 11 is 0. The number of rotatable bonds is 4. The third-order valence-corrected chi connectivity index (χ3v) is 5.39. The molecular formula is C25H24N2O2. The van der Waals surface area contributed by atoms with E-state index in [4.69, 9.17) is 0 Å². The number of carbonyl (C=O) groups is 2. The normalized spacial score (nSPS) is 14.0. The molecule has 0 aliphatic carbocycles. The second-order valence-corrected chi connectivity index (χ2v) is 7.42. The zero-order valence-corrected chi connectivity index (χ0v) is 16.5. The number of carbonyl (C=O) groups excluding carboxylic acids is 2. The molecule has 3 aromatic carbocycles. The summed E-state index contributed by atoms with van der Waals surface area (Å²) in [5.74, 6) is -0.284. The lowest BCUT2D eigenvalue weighted by molar-refractivity contribution is -0.133. The Labute approximate surface area is 171 Å². The molecule has 1 atom stereocenters. The molecule has 2 amide bonds. The Morgan fingerprint density at radius 3 is 2.34 bits per heavy atom. The van der Waals surface area contributed by atoms with Gasteiger partial charge in [0.2, 0.25) is 5.91 Å². The van der Waals surface area contributed by atoms with Crippen LogP contribution in [0, 0.1) is 0 Å². The molecule has 4 nitrogen and oxygen atoms in total. The second-order valence-electron chi connectivity index (χ2n) is 7.42. The monoisotopic (exact) mass is 384 g/mol. The van der Waals surface area contributed by atoms with Gasteiger partial charge in [-0.2, -0.15) is 0 Å². The molecule has 0 saturated carbocycles. The Morgan fingerprint density at radius 1 is 0.862 bits per heavy atom. The van der Waals surface area contributed by atoms with Crippen molar-refractivity contribution < 1.29 is 9.59 Å². The van der Waals surface area contributed by atoms with Gasteiger partial charge in [0.1, 0.15) is 6.04 Å². The van der Waals surface area contributed by atoms with Crippen LogP contribution in [0.2, 0.25) is 0 Å². The molecule has 4 rings (SSSR count). The zero-order valence-electron chi connectivity index (χ0n) is 16.5. The molecule has 0 radical (unpaired) electrons. The van der Waals surface area contributed by atoms with Gasteiger partial charge in [-0.3, -0.25) is 9.59 Å². The van der Waals surface area contributed by atoms with Crippen molar-refractivity contribution >= 4 is 11.8 Å². The van der Waals surface area contributed by atoms with E-state index in [1.807, 2.05) is 65.6 Å². The molecule has 3 aromatic rings. The first-order chi connectivity index (χ1) is 14.1. The first kappa shape index (κ1) is 18.9. The quantitative estimate of drug-likeness (QED) is 0.738.